The number of ether oxygens (including phenoxy) is 2. The number of halogens is 2. The summed E-state index contributed by atoms with van der Waals surface area (Å²) in [4.78, 5) is 24.1. The molecule has 0 aliphatic heterocycles. The number of carbonyl (C=O) groups is 2. The molecule has 0 saturated heterocycles. The van der Waals surface area contributed by atoms with E-state index in [2.05, 4.69) is 10.1 Å². The normalized spacial score (nSPS) is 18.1. The second kappa shape index (κ2) is 8.42. The first-order valence-electron chi connectivity index (χ1n) is 7.67. The van der Waals surface area contributed by atoms with Gasteiger partial charge in [-0.25, -0.2) is 0 Å². The maximum Gasteiger partial charge on any atom is 0.387 e. The van der Waals surface area contributed by atoms with Crippen LogP contribution in [0.15, 0.2) is 36.4 Å². The van der Waals surface area contributed by atoms with Crippen LogP contribution in [-0.4, -0.2) is 24.6 Å². The molecule has 0 spiro atoms. The maximum absolute atomic E-state index is 12.4. The van der Waals surface area contributed by atoms with Gasteiger partial charge in [-0.1, -0.05) is 24.3 Å². The number of para-hydroxylation sites is 2. The minimum Gasteiger partial charge on any atom is -0.452 e. The summed E-state index contributed by atoms with van der Waals surface area (Å²) in [6, 6.07) is 5.81. The molecule has 5 nitrogen and oxygen atoms in total. The van der Waals surface area contributed by atoms with Crippen molar-refractivity contribution >= 4 is 17.6 Å². The van der Waals surface area contributed by atoms with Crippen LogP contribution in [0.1, 0.15) is 26.2 Å². The summed E-state index contributed by atoms with van der Waals surface area (Å²) in [5.41, 5.74) is 0.0892. The van der Waals surface area contributed by atoms with Gasteiger partial charge in [0, 0.05) is 0 Å². The van der Waals surface area contributed by atoms with Crippen molar-refractivity contribution in [3.05, 3.63) is 36.4 Å². The van der Waals surface area contributed by atoms with Crippen LogP contribution >= 0.6 is 0 Å². The fourth-order valence-corrected chi connectivity index (χ4v) is 2.33. The van der Waals surface area contributed by atoms with Gasteiger partial charge in [0.2, 0.25) is 0 Å². The predicted octanol–water partition coefficient (Wildman–Crippen LogP) is 3.51. The number of nitrogens with one attached hydrogen (secondary N) is 1. The number of carbonyl (C=O) groups excluding carboxylic acids is 2. The third kappa shape index (κ3) is 5.04. The Morgan fingerprint density at radius 2 is 2.00 bits per heavy atom. The molecule has 1 aromatic rings. The highest BCUT2D eigenvalue weighted by atomic mass is 19.3. The number of amides is 1. The van der Waals surface area contributed by atoms with Gasteiger partial charge in [0.15, 0.2) is 6.10 Å². The van der Waals surface area contributed by atoms with Crippen molar-refractivity contribution in [1.82, 2.24) is 0 Å². The van der Waals surface area contributed by atoms with Crippen LogP contribution in [0.4, 0.5) is 14.5 Å². The van der Waals surface area contributed by atoms with Crippen molar-refractivity contribution in [3.8, 4) is 5.75 Å². The summed E-state index contributed by atoms with van der Waals surface area (Å²) in [5, 5.41) is 2.44. The minimum absolute atomic E-state index is 0.0892. The molecule has 1 amide bonds. The van der Waals surface area contributed by atoms with Gasteiger partial charge < -0.3 is 14.8 Å². The summed E-state index contributed by atoms with van der Waals surface area (Å²) in [6.45, 7) is -1.57. The Labute approximate surface area is 138 Å². The number of alkyl halides is 2. The second-order valence-electron chi connectivity index (χ2n) is 5.42. The third-order valence-electron chi connectivity index (χ3n) is 3.63. The Bertz CT molecular complexity index is 618. The highest BCUT2D eigenvalue weighted by Gasteiger charge is 2.25. The zero-order valence-electron chi connectivity index (χ0n) is 13.2. The third-order valence-corrected chi connectivity index (χ3v) is 3.63. The average Bonchev–Trinajstić information content (AvgIpc) is 2.56. The van der Waals surface area contributed by atoms with Crippen LogP contribution in [0.3, 0.4) is 0 Å². The summed E-state index contributed by atoms with van der Waals surface area (Å²) < 4.78 is 34.2. The van der Waals surface area contributed by atoms with Crippen molar-refractivity contribution in [2.45, 2.75) is 38.9 Å². The summed E-state index contributed by atoms with van der Waals surface area (Å²) in [6.07, 6.45) is 4.96. The highest BCUT2D eigenvalue weighted by Crippen LogP contribution is 2.26. The summed E-state index contributed by atoms with van der Waals surface area (Å²) in [5.74, 6) is -1.45. The van der Waals surface area contributed by atoms with E-state index in [9.17, 15) is 18.4 Å². The van der Waals surface area contributed by atoms with Crippen LogP contribution in [0.5, 0.6) is 5.75 Å². The van der Waals surface area contributed by atoms with Crippen molar-refractivity contribution in [2.24, 2.45) is 5.92 Å². The number of hydrogen-bond donors (Lipinski definition) is 1. The quantitative estimate of drug-likeness (QED) is 0.636. The fourth-order valence-electron chi connectivity index (χ4n) is 2.33. The minimum atomic E-state index is -3.00. The molecule has 2 rings (SSSR count). The van der Waals surface area contributed by atoms with Gasteiger partial charge in [-0.3, -0.25) is 9.59 Å². The van der Waals surface area contributed by atoms with Crippen LogP contribution in [0, 0.1) is 5.92 Å². The number of benzene rings is 1. The largest absolute Gasteiger partial charge is 0.452 e. The van der Waals surface area contributed by atoms with E-state index in [1.54, 1.807) is 6.07 Å². The van der Waals surface area contributed by atoms with Gasteiger partial charge in [-0.2, -0.15) is 8.78 Å². The Kier molecular flexibility index (Phi) is 6.28. The summed E-state index contributed by atoms with van der Waals surface area (Å²) >= 11 is 0. The summed E-state index contributed by atoms with van der Waals surface area (Å²) in [7, 11) is 0. The Balaban J connectivity index is 1.94. The van der Waals surface area contributed by atoms with Crippen molar-refractivity contribution in [3.63, 3.8) is 0 Å². The van der Waals surface area contributed by atoms with Crippen LogP contribution in [0.2, 0.25) is 0 Å². The van der Waals surface area contributed by atoms with Gasteiger partial charge in [0.25, 0.3) is 5.91 Å². The van der Waals surface area contributed by atoms with E-state index in [1.165, 1.54) is 25.1 Å². The molecule has 0 radical (unpaired) electrons. The van der Waals surface area contributed by atoms with Gasteiger partial charge in [-0.05, 0) is 38.3 Å². The molecule has 0 saturated carbocycles. The van der Waals surface area contributed by atoms with E-state index < -0.39 is 24.6 Å². The lowest BCUT2D eigenvalue weighted by atomic mass is 9.95. The molecule has 130 valence electrons. The average molecular weight is 339 g/mol. The molecule has 2 atom stereocenters. The molecule has 0 aromatic heterocycles. The lowest BCUT2D eigenvalue weighted by Crippen LogP contribution is -2.32. The maximum atomic E-state index is 12.4. The van der Waals surface area contributed by atoms with Crippen molar-refractivity contribution in [2.75, 3.05) is 5.32 Å². The fraction of sp³-hybridized carbons (Fsp3) is 0.412. The van der Waals surface area contributed by atoms with Crippen molar-refractivity contribution in [1.29, 1.82) is 0 Å². The number of allylic oxidation sites excluding steroid dienone is 2. The molecule has 1 aromatic carbocycles. The first-order valence-corrected chi connectivity index (χ1v) is 7.67. The molecule has 1 aliphatic rings. The van der Waals surface area contributed by atoms with Crippen molar-refractivity contribution < 1.29 is 27.8 Å². The van der Waals surface area contributed by atoms with E-state index in [4.69, 9.17) is 4.74 Å². The molecule has 24 heavy (non-hydrogen) atoms. The highest BCUT2D eigenvalue weighted by molar-refractivity contribution is 5.96. The first kappa shape index (κ1) is 17.9. The first-order chi connectivity index (χ1) is 11.5. The lowest BCUT2D eigenvalue weighted by Gasteiger charge is -2.20. The molecule has 1 aliphatic carbocycles. The molecule has 0 heterocycles. The monoisotopic (exact) mass is 339 g/mol. The molecular formula is C17H19F2NO4. The van der Waals surface area contributed by atoms with E-state index in [1.807, 2.05) is 12.2 Å². The van der Waals surface area contributed by atoms with E-state index >= 15 is 0 Å². The molecule has 7 heteroatoms. The van der Waals surface area contributed by atoms with Gasteiger partial charge in [-0.15, -0.1) is 0 Å². The lowest BCUT2D eigenvalue weighted by molar-refractivity contribution is -0.157. The molecule has 0 fully saturated rings. The number of anilines is 1. The predicted molar refractivity (Wildman–Crippen MR) is 83.7 cm³/mol. The number of hydrogen-bond acceptors (Lipinski definition) is 4. The molecular weight excluding hydrogens is 320 g/mol. The van der Waals surface area contributed by atoms with Gasteiger partial charge in [0.05, 0.1) is 11.6 Å². The van der Waals surface area contributed by atoms with Crippen LogP contribution < -0.4 is 10.1 Å². The van der Waals surface area contributed by atoms with E-state index in [0.717, 1.165) is 6.42 Å². The molecule has 1 N–H and O–H groups in total. The Hall–Kier alpha value is -2.44. The second-order valence-corrected chi connectivity index (χ2v) is 5.42. The Morgan fingerprint density at radius 1 is 1.25 bits per heavy atom. The molecule has 0 unspecified atom stereocenters. The van der Waals surface area contributed by atoms with E-state index in [-0.39, 0.29) is 17.4 Å². The van der Waals surface area contributed by atoms with Gasteiger partial charge in [0.1, 0.15) is 5.75 Å². The zero-order valence-corrected chi connectivity index (χ0v) is 13.2. The topological polar surface area (TPSA) is 64.6 Å². The van der Waals surface area contributed by atoms with Gasteiger partial charge >= 0.3 is 12.6 Å². The number of esters is 1. The van der Waals surface area contributed by atoms with Crippen LogP contribution in [-0.2, 0) is 14.3 Å². The number of rotatable bonds is 6. The van der Waals surface area contributed by atoms with Crippen LogP contribution in [0.25, 0.3) is 0 Å². The Morgan fingerprint density at radius 3 is 2.67 bits per heavy atom. The standard InChI is InChI=1S/C17H19F2NO4/c1-11(23-16(22)12-7-3-2-4-8-12)15(21)20-13-9-5-6-10-14(13)24-17(18)19/h2-3,5-6,9-12,17H,4,7-8H2,1H3,(H,20,21)/t11-,12-/m1/s1. The smallest absolute Gasteiger partial charge is 0.387 e. The zero-order chi connectivity index (χ0) is 17.5. The van der Waals surface area contributed by atoms with E-state index in [0.29, 0.717) is 12.8 Å². The SMILES string of the molecule is C[C@@H](OC(=O)[C@@H]1CC=CCC1)C(=O)Nc1ccccc1OC(F)F. The molecule has 0 bridgehead atoms.